The molecule has 2 rings (SSSR count). The number of thioether (sulfide) groups is 1. The van der Waals surface area contributed by atoms with Crippen LogP contribution in [0, 0.1) is 5.92 Å². The summed E-state index contributed by atoms with van der Waals surface area (Å²) in [5.74, 6) is 2.46. The summed E-state index contributed by atoms with van der Waals surface area (Å²) in [6, 6.07) is 0. The summed E-state index contributed by atoms with van der Waals surface area (Å²) < 4.78 is 0.559. The molecule has 1 aliphatic carbocycles. The molecule has 0 aromatic rings. The van der Waals surface area contributed by atoms with Crippen molar-refractivity contribution < 1.29 is 0 Å². The molecule has 1 heterocycles. The van der Waals surface area contributed by atoms with Crippen molar-refractivity contribution >= 4 is 11.8 Å². The highest BCUT2D eigenvalue weighted by Gasteiger charge is 2.29. The van der Waals surface area contributed by atoms with Crippen molar-refractivity contribution in [2.45, 2.75) is 43.8 Å². The van der Waals surface area contributed by atoms with Crippen molar-refractivity contribution in [1.82, 2.24) is 5.32 Å². The van der Waals surface area contributed by atoms with Crippen LogP contribution in [0.3, 0.4) is 0 Å². The minimum Gasteiger partial charge on any atom is -0.315 e. The van der Waals surface area contributed by atoms with E-state index in [1.165, 1.54) is 50.9 Å². The molecule has 1 saturated heterocycles. The number of hydrogen-bond acceptors (Lipinski definition) is 2. The maximum Gasteiger partial charge on any atom is 0.0256 e. The molecule has 0 amide bonds. The van der Waals surface area contributed by atoms with Gasteiger partial charge in [-0.05, 0) is 44.4 Å². The molecule has 1 atom stereocenters. The van der Waals surface area contributed by atoms with Crippen LogP contribution in [0.2, 0.25) is 0 Å². The Kier molecular flexibility index (Phi) is 3.20. The molecule has 0 spiro atoms. The summed E-state index contributed by atoms with van der Waals surface area (Å²) in [6.45, 7) is 4.89. The summed E-state index contributed by atoms with van der Waals surface area (Å²) in [7, 11) is 0. The first-order valence-electron chi connectivity index (χ1n) is 5.63. The van der Waals surface area contributed by atoms with E-state index in [2.05, 4.69) is 24.0 Å². The van der Waals surface area contributed by atoms with Gasteiger partial charge in [0, 0.05) is 11.3 Å². The highest BCUT2D eigenvalue weighted by molar-refractivity contribution is 8.00. The van der Waals surface area contributed by atoms with Crippen LogP contribution in [0.5, 0.6) is 0 Å². The predicted molar refractivity (Wildman–Crippen MR) is 60.3 cm³/mol. The molecule has 1 nitrogen and oxygen atoms in total. The number of rotatable bonds is 5. The van der Waals surface area contributed by atoms with E-state index >= 15 is 0 Å². The van der Waals surface area contributed by atoms with Gasteiger partial charge in [0.05, 0.1) is 0 Å². The normalized spacial score (nSPS) is 33.9. The Balaban J connectivity index is 1.55. The Morgan fingerprint density at radius 1 is 1.46 bits per heavy atom. The fourth-order valence-corrected chi connectivity index (χ4v) is 3.32. The van der Waals surface area contributed by atoms with Crippen molar-refractivity contribution in [2.75, 3.05) is 18.8 Å². The molecule has 13 heavy (non-hydrogen) atoms. The summed E-state index contributed by atoms with van der Waals surface area (Å²) in [5.41, 5.74) is 0. The monoisotopic (exact) mass is 199 g/mol. The third-order valence-corrected chi connectivity index (χ3v) is 4.76. The third kappa shape index (κ3) is 3.17. The second-order valence-electron chi connectivity index (χ2n) is 4.81. The van der Waals surface area contributed by atoms with Gasteiger partial charge in [0.1, 0.15) is 0 Å². The Hall–Kier alpha value is 0.310. The lowest BCUT2D eigenvalue weighted by atomic mass is 10.1. The van der Waals surface area contributed by atoms with Crippen LogP contribution < -0.4 is 5.32 Å². The minimum absolute atomic E-state index is 0.559. The van der Waals surface area contributed by atoms with Crippen molar-refractivity contribution in [3.8, 4) is 0 Å². The second kappa shape index (κ2) is 4.22. The van der Waals surface area contributed by atoms with Gasteiger partial charge in [-0.3, -0.25) is 0 Å². The van der Waals surface area contributed by atoms with Crippen LogP contribution in [0.25, 0.3) is 0 Å². The van der Waals surface area contributed by atoms with Crippen LogP contribution in [-0.2, 0) is 0 Å². The molecule has 1 saturated carbocycles. The van der Waals surface area contributed by atoms with E-state index in [0.29, 0.717) is 4.75 Å². The quantitative estimate of drug-likeness (QED) is 0.683. The Morgan fingerprint density at radius 2 is 2.31 bits per heavy atom. The van der Waals surface area contributed by atoms with E-state index in [9.17, 15) is 0 Å². The lowest BCUT2D eigenvalue weighted by Gasteiger charge is -2.22. The average molecular weight is 199 g/mol. The van der Waals surface area contributed by atoms with Gasteiger partial charge in [0.2, 0.25) is 0 Å². The van der Waals surface area contributed by atoms with E-state index in [0.717, 1.165) is 5.92 Å². The molecule has 1 N–H and O–H groups in total. The summed E-state index contributed by atoms with van der Waals surface area (Å²) >= 11 is 2.16. The molecule has 2 heteroatoms. The van der Waals surface area contributed by atoms with Crippen molar-refractivity contribution in [2.24, 2.45) is 5.92 Å². The second-order valence-corrected chi connectivity index (χ2v) is 6.49. The molecule has 2 fully saturated rings. The van der Waals surface area contributed by atoms with E-state index in [1.54, 1.807) is 0 Å². The maximum atomic E-state index is 3.62. The zero-order valence-corrected chi connectivity index (χ0v) is 9.46. The first-order chi connectivity index (χ1) is 6.29. The maximum absolute atomic E-state index is 3.62. The van der Waals surface area contributed by atoms with Gasteiger partial charge in [0.15, 0.2) is 0 Å². The molecule has 0 radical (unpaired) electrons. The molecule has 0 aromatic heterocycles. The first-order valence-corrected chi connectivity index (χ1v) is 6.62. The number of nitrogens with one attached hydrogen (secondary N) is 1. The first kappa shape index (κ1) is 9.85. The van der Waals surface area contributed by atoms with Crippen LogP contribution in [-0.4, -0.2) is 23.6 Å². The Bertz CT molecular complexity index is 159. The van der Waals surface area contributed by atoms with E-state index < -0.39 is 0 Å². The van der Waals surface area contributed by atoms with Crippen LogP contribution in [0.15, 0.2) is 0 Å². The highest BCUT2D eigenvalue weighted by Crippen LogP contribution is 2.37. The van der Waals surface area contributed by atoms with E-state index in [1.807, 2.05) is 0 Å². The van der Waals surface area contributed by atoms with Gasteiger partial charge in [-0.25, -0.2) is 0 Å². The molecular weight excluding hydrogens is 178 g/mol. The molecule has 1 aliphatic heterocycles. The molecule has 0 aromatic carbocycles. The van der Waals surface area contributed by atoms with Gasteiger partial charge in [-0.15, -0.1) is 0 Å². The SMILES string of the molecule is CC1(CNCCC2CC2)CCCS1. The molecule has 1 unspecified atom stereocenters. The van der Waals surface area contributed by atoms with Gasteiger partial charge in [0.25, 0.3) is 0 Å². The standard InChI is InChI=1S/C11H21NS/c1-11(6-2-8-13-11)9-12-7-5-10-3-4-10/h10,12H,2-9H2,1H3. The predicted octanol–water partition coefficient (Wildman–Crippen LogP) is 2.66. The highest BCUT2D eigenvalue weighted by atomic mass is 32.2. The van der Waals surface area contributed by atoms with E-state index in [-0.39, 0.29) is 0 Å². The largest absolute Gasteiger partial charge is 0.315 e. The van der Waals surface area contributed by atoms with Crippen molar-refractivity contribution in [3.05, 3.63) is 0 Å². The van der Waals surface area contributed by atoms with Crippen molar-refractivity contribution in [3.63, 3.8) is 0 Å². The molecule has 2 aliphatic rings. The zero-order chi connectivity index (χ0) is 9.15. The fourth-order valence-electron chi connectivity index (χ4n) is 2.04. The van der Waals surface area contributed by atoms with Crippen LogP contribution in [0.4, 0.5) is 0 Å². The Morgan fingerprint density at radius 3 is 2.92 bits per heavy atom. The lowest BCUT2D eigenvalue weighted by molar-refractivity contribution is 0.521. The average Bonchev–Trinajstić information content (AvgIpc) is 2.84. The molecule has 0 bridgehead atoms. The molecule has 76 valence electrons. The smallest absolute Gasteiger partial charge is 0.0256 e. The van der Waals surface area contributed by atoms with Gasteiger partial charge in [-0.1, -0.05) is 12.8 Å². The van der Waals surface area contributed by atoms with E-state index in [4.69, 9.17) is 0 Å². The van der Waals surface area contributed by atoms with Gasteiger partial charge < -0.3 is 5.32 Å². The minimum atomic E-state index is 0.559. The van der Waals surface area contributed by atoms with Gasteiger partial charge >= 0.3 is 0 Å². The number of hydrogen-bond donors (Lipinski definition) is 1. The summed E-state index contributed by atoms with van der Waals surface area (Å²) in [5, 5.41) is 3.62. The van der Waals surface area contributed by atoms with Gasteiger partial charge in [-0.2, -0.15) is 11.8 Å². The van der Waals surface area contributed by atoms with Crippen LogP contribution in [0.1, 0.15) is 39.0 Å². The zero-order valence-electron chi connectivity index (χ0n) is 8.64. The summed E-state index contributed by atoms with van der Waals surface area (Å²) in [6.07, 6.45) is 7.24. The Labute approximate surface area is 86.0 Å². The topological polar surface area (TPSA) is 12.0 Å². The molecular formula is C11H21NS. The summed E-state index contributed by atoms with van der Waals surface area (Å²) in [4.78, 5) is 0. The third-order valence-electron chi connectivity index (χ3n) is 3.23. The van der Waals surface area contributed by atoms with Crippen molar-refractivity contribution in [1.29, 1.82) is 0 Å². The van der Waals surface area contributed by atoms with Crippen LogP contribution >= 0.6 is 11.8 Å². The lowest BCUT2D eigenvalue weighted by Crippen LogP contribution is -2.33. The fraction of sp³-hybridized carbons (Fsp3) is 1.00.